The van der Waals surface area contributed by atoms with Gasteiger partial charge in [0.25, 0.3) is 0 Å². The largest absolute Gasteiger partial charge is 0.346 e. The van der Waals surface area contributed by atoms with Crippen LogP contribution in [0.5, 0.6) is 0 Å². The van der Waals surface area contributed by atoms with Crippen molar-refractivity contribution >= 4 is 11.6 Å². The Kier molecular flexibility index (Phi) is 9.27. The van der Waals surface area contributed by atoms with Crippen LogP contribution < -0.4 is 0 Å². The second kappa shape index (κ2) is 11.3. The van der Waals surface area contributed by atoms with Gasteiger partial charge in [-0.15, -0.1) is 0 Å². The molecule has 0 atom stereocenters. The summed E-state index contributed by atoms with van der Waals surface area (Å²) in [6.45, 7) is 6.16. The Bertz CT molecular complexity index is 602. The minimum atomic E-state index is -0.776. The molecule has 0 aromatic heterocycles. The number of benzene rings is 2. The molecular weight excluding hydrogens is 304 g/mol. The number of carbonyl (C=O) groups is 2. The molecule has 2 aromatic carbocycles. The first-order valence-electron chi connectivity index (χ1n) is 7.98. The molecule has 4 heteroatoms. The lowest BCUT2D eigenvalue weighted by Crippen LogP contribution is -2.27. The number of carbonyl (C=O) groups excluding carboxylic acids is 2. The molecule has 0 aliphatic carbocycles. The van der Waals surface area contributed by atoms with Crippen LogP contribution in [0.4, 0.5) is 0 Å². The molecular formula is C20H24O4. The van der Waals surface area contributed by atoms with Crippen molar-refractivity contribution in [2.24, 2.45) is 0 Å². The zero-order valence-corrected chi connectivity index (χ0v) is 14.4. The van der Waals surface area contributed by atoms with Crippen molar-refractivity contribution in [2.45, 2.75) is 27.1 Å². The first-order chi connectivity index (χ1) is 11.6. The molecule has 4 nitrogen and oxygen atoms in total. The Hall–Kier alpha value is -2.30. The van der Waals surface area contributed by atoms with E-state index in [1.807, 2.05) is 62.4 Å². The monoisotopic (exact) mass is 328 g/mol. The van der Waals surface area contributed by atoms with E-state index in [9.17, 15) is 9.59 Å². The van der Waals surface area contributed by atoms with Crippen LogP contribution in [0.15, 0.2) is 60.7 Å². The van der Waals surface area contributed by atoms with Crippen molar-refractivity contribution in [1.82, 2.24) is 0 Å². The fourth-order valence-corrected chi connectivity index (χ4v) is 1.91. The van der Waals surface area contributed by atoms with Gasteiger partial charge in [0, 0.05) is 24.3 Å². The van der Waals surface area contributed by atoms with Crippen LogP contribution in [-0.2, 0) is 9.47 Å². The zero-order chi connectivity index (χ0) is 17.8. The lowest BCUT2D eigenvalue weighted by molar-refractivity contribution is -0.107. The van der Waals surface area contributed by atoms with Crippen LogP contribution in [0.2, 0.25) is 0 Å². The van der Waals surface area contributed by atoms with E-state index < -0.39 is 6.29 Å². The Labute approximate surface area is 143 Å². The van der Waals surface area contributed by atoms with E-state index in [0.717, 1.165) is 5.56 Å². The maximum Gasteiger partial charge on any atom is 0.222 e. The third kappa shape index (κ3) is 6.86. The molecule has 0 fully saturated rings. The highest BCUT2D eigenvalue weighted by atomic mass is 16.7. The molecule has 2 rings (SSSR count). The molecule has 0 amide bonds. The first-order valence-corrected chi connectivity index (χ1v) is 7.98. The van der Waals surface area contributed by atoms with Gasteiger partial charge in [-0.25, -0.2) is 0 Å². The Morgan fingerprint density at radius 3 is 1.54 bits per heavy atom. The van der Waals surface area contributed by atoms with E-state index in [2.05, 4.69) is 0 Å². The van der Waals surface area contributed by atoms with Crippen molar-refractivity contribution in [3.05, 3.63) is 71.8 Å². The van der Waals surface area contributed by atoms with Gasteiger partial charge >= 0.3 is 0 Å². The molecule has 0 radical (unpaired) electrons. The zero-order valence-electron chi connectivity index (χ0n) is 14.4. The summed E-state index contributed by atoms with van der Waals surface area (Å²) >= 11 is 0. The van der Waals surface area contributed by atoms with Gasteiger partial charge in [-0.1, -0.05) is 60.7 Å². The highest BCUT2D eigenvalue weighted by Gasteiger charge is 2.19. The van der Waals surface area contributed by atoms with Gasteiger partial charge in [-0.2, -0.15) is 0 Å². The summed E-state index contributed by atoms with van der Waals surface area (Å²) in [7, 11) is 0. The number of ether oxygens (including phenoxy) is 2. The minimum absolute atomic E-state index is 0.121. The van der Waals surface area contributed by atoms with Gasteiger partial charge in [0.2, 0.25) is 12.1 Å². The highest BCUT2D eigenvalue weighted by Crippen LogP contribution is 2.07. The van der Waals surface area contributed by atoms with E-state index in [1.165, 1.54) is 0 Å². The maximum atomic E-state index is 11.9. The van der Waals surface area contributed by atoms with E-state index in [0.29, 0.717) is 18.8 Å². The minimum Gasteiger partial charge on any atom is -0.346 e. The number of hydrogen-bond acceptors (Lipinski definition) is 4. The van der Waals surface area contributed by atoms with E-state index >= 15 is 0 Å². The number of ketones is 2. The van der Waals surface area contributed by atoms with Gasteiger partial charge in [0.05, 0.1) is 0 Å². The van der Waals surface area contributed by atoms with Gasteiger partial charge < -0.3 is 9.47 Å². The lowest BCUT2D eigenvalue weighted by Gasteiger charge is -2.15. The quantitative estimate of drug-likeness (QED) is 0.566. The van der Waals surface area contributed by atoms with Crippen molar-refractivity contribution < 1.29 is 19.1 Å². The van der Waals surface area contributed by atoms with Gasteiger partial charge in [0.15, 0.2) is 5.78 Å². The van der Waals surface area contributed by atoms with Crippen molar-refractivity contribution in [2.75, 3.05) is 13.2 Å². The van der Waals surface area contributed by atoms with E-state index in [1.54, 1.807) is 19.1 Å². The van der Waals surface area contributed by atoms with E-state index in [-0.39, 0.29) is 11.6 Å². The van der Waals surface area contributed by atoms with Crippen molar-refractivity contribution in [3.8, 4) is 0 Å². The molecule has 24 heavy (non-hydrogen) atoms. The standard InChI is InChI=1S/C12H16O3.C8H8O/c1-3-14-12(15-4-2)11(13)10-8-6-5-7-9-10;1-7(9)8-5-3-2-4-6-8/h5-9,12H,3-4H2,1-2H3;2-6H,1H3. The molecule has 0 saturated heterocycles. The summed E-state index contributed by atoms with van der Waals surface area (Å²) in [5.41, 5.74) is 1.39. The summed E-state index contributed by atoms with van der Waals surface area (Å²) in [4.78, 5) is 22.5. The normalized spacial score (nSPS) is 10.0. The summed E-state index contributed by atoms with van der Waals surface area (Å²) in [5.74, 6) is -0.00472. The SMILES string of the molecule is CC(=O)c1ccccc1.CCOC(OCC)C(=O)c1ccccc1. The number of Topliss-reactive ketones (excluding diaryl/α,β-unsaturated/α-hetero) is 2. The summed E-state index contributed by atoms with van der Waals surface area (Å²) in [5, 5.41) is 0. The molecule has 0 spiro atoms. The van der Waals surface area contributed by atoms with E-state index in [4.69, 9.17) is 9.47 Å². The molecule has 0 aliphatic heterocycles. The average molecular weight is 328 g/mol. The number of rotatable bonds is 7. The maximum absolute atomic E-state index is 11.9. The van der Waals surface area contributed by atoms with Gasteiger partial charge in [-0.05, 0) is 20.8 Å². The van der Waals surface area contributed by atoms with Crippen LogP contribution in [-0.4, -0.2) is 31.1 Å². The third-order valence-electron chi connectivity index (χ3n) is 3.09. The van der Waals surface area contributed by atoms with Crippen molar-refractivity contribution in [3.63, 3.8) is 0 Å². The molecule has 128 valence electrons. The van der Waals surface area contributed by atoms with Gasteiger partial charge in [0.1, 0.15) is 0 Å². The smallest absolute Gasteiger partial charge is 0.222 e. The molecule has 0 N–H and O–H groups in total. The van der Waals surface area contributed by atoms with Crippen LogP contribution in [0, 0.1) is 0 Å². The summed E-state index contributed by atoms with van der Waals surface area (Å²) in [6.07, 6.45) is -0.776. The summed E-state index contributed by atoms with van der Waals surface area (Å²) in [6, 6.07) is 18.3. The highest BCUT2D eigenvalue weighted by molar-refractivity contribution is 5.98. The Balaban J connectivity index is 0.000000272. The molecule has 0 aliphatic rings. The fourth-order valence-electron chi connectivity index (χ4n) is 1.91. The van der Waals surface area contributed by atoms with Crippen LogP contribution in [0.25, 0.3) is 0 Å². The first kappa shape index (κ1) is 19.7. The Morgan fingerprint density at radius 2 is 1.21 bits per heavy atom. The topological polar surface area (TPSA) is 52.6 Å². The molecule has 0 bridgehead atoms. The molecule has 0 unspecified atom stereocenters. The molecule has 0 heterocycles. The summed E-state index contributed by atoms with van der Waals surface area (Å²) < 4.78 is 10.5. The van der Waals surface area contributed by atoms with Gasteiger partial charge in [-0.3, -0.25) is 9.59 Å². The lowest BCUT2D eigenvalue weighted by atomic mass is 10.1. The second-order valence-corrected chi connectivity index (χ2v) is 4.90. The fraction of sp³-hybridized carbons (Fsp3) is 0.300. The van der Waals surface area contributed by atoms with Crippen LogP contribution in [0.3, 0.4) is 0 Å². The van der Waals surface area contributed by atoms with Crippen LogP contribution in [0.1, 0.15) is 41.5 Å². The Morgan fingerprint density at radius 1 is 0.792 bits per heavy atom. The van der Waals surface area contributed by atoms with Crippen LogP contribution >= 0.6 is 0 Å². The molecule has 0 saturated carbocycles. The van der Waals surface area contributed by atoms with Crippen molar-refractivity contribution in [1.29, 1.82) is 0 Å². The number of hydrogen-bond donors (Lipinski definition) is 0. The average Bonchev–Trinajstić information content (AvgIpc) is 2.63. The third-order valence-corrected chi connectivity index (χ3v) is 3.09. The predicted octanol–water partition coefficient (Wildman–Crippen LogP) is 4.16. The predicted molar refractivity (Wildman–Crippen MR) is 94.3 cm³/mol. The molecule has 2 aromatic rings. The second-order valence-electron chi connectivity index (χ2n) is 4.90.